The van der Waals surface area contributed by atoms with Gasteiger partial charge in [0.1, 0.15) is 12.4 Å². The zero-order valence-electron chi connectivity index (χ0n) is 22.3. The van der Waals surface area contributed by atoms with E-state index in [1.165, 1.54) is 12.5 Å². The summed E-state index contributed by atoms with van der Waals surface area (Å²) < 4.78 is 5.49. The van der Waals surface area contributed by atoms with Crippen LogP contribution in [0.3, 0.4) is 0 Å². The molecule has 1 aromatic carbocycles. The second-order valence-electron chi connectivity index (χ2n) is 9.70. The van der Waals surface area contributed by atoms with Crippen molar-refractivity contribution in [1.82, 2.24) is 14.8 Å². The van der Waals surface area contributed by atoms with Crippen molar-refractivity contribution < 1.29 is 14.3 Å². The van der Waals surface area contributed by atoms with Gasteiger partial charge in [-0.25, -0.2) is 0 Å². The molecule has 0 aliphatic carbocycles. The highest BCUT2D eigenvalue weighted by Crippen LogP contribution is 2.21. The molecule has 0 bridgehead atoms. The molecule has 3 rings (SSSR count). The lowest BCUT2D eigenvalue weighted by molar-refractivity contribution is -0.128. The van der Waals surface area contributed by atoms with Gasteiger partial charge in [-0.2, -0.15) is 5.26 Å². The van der Waals surface area contributed by atoms with Crippen LogP contribution in [-0.2, 0) is 20.7 Å². The van der Waals surface area contributed by atoms with Crippen molar-refractivity contribution in [1.29, 1.82) is 5.26 Å². The number of carbonyl (C=O) groups excluding carboxylic acids is 2. The SMILES string of the molecule is C=C(C)/C(=C\C=C(/C)C(=O)N(C)C1CCN(CCc2ccnc3ccc(C#N)cc23)CC1)OCC(C)=O. The van der Waals surface area contributed by atoms with Crippen LogP contribution in [0.4, 0.5) is 0 Å². The van der Waals surface area contributed by atoms with Crippen LogP contribution < -0.4 is 0 Å². The summed E-state index contributed by atoms with van der Waals surface area (Å²) in [6, 6.07) is 10.1. The average Bonchev–Trinajstić information content (AvgIpc) is 2.90. The van der Waals surface area contributed by atoms with E-state index in [-0.39, 0.29) is 24.3 Å². The van der Waals surface area contributed by atoms with Gasteiger partial charge in [-0.3, -0.25) is 14.6 Å². The van der Waals surface area contributed by atoms with Crippen molar-refractivity contribution in [2.45, 2.75) is 46.1 Å². The smallest absolute Gasteiger partial charge is 0.249 e. The molecule has 1 saturated heterocycles. The number of piperidine rings is 1. The highest BCUT2D eigenvalue weighted by Gasteiger charge is 2.25. The van der Waals surface area contributed by atoms with Crippen LogP contribution in [0, 0.1) is 11.3 Å². The van der Waals surface area contributed by atoms with E-state index >= 15 is 0 Å². The maximum atomic E-state index is 13.0. The van der Waals surface area contributed by atoms with Gasteiger partial charge in [0.2, 0.25) is 5.91 Å². The Labute approximate surface area is 219 Å². The van der Waals surface area contributed by atoms with Gasteiger partial charge in [0.25, 0.3) is 0 Å². The van der Waals surface area contributed by atoms with Gasteiger partial charge in [0, 0.05) is 49.9 Å². The van der Waals surface area contributed by atoms with Crippen molar-refractivity contribution in [3.63, 3.8) is 0 Å². The molecule has 1 aliphatic rings. The highest BCUT2D eigenvalue weighted by atomic mass is 16.5. The van der Waals surface area contributed by atoms with Crippen LogP contribution in [0.2, 0.25) is 0 Å². The third-order valence-electron chi connectivity index (χ3n) is 6.76. The third-order valence-corrected chi connectivity index (χ3v) is 6.76. The molecule has 0 spiro atoms. The lowest BCUT2D eigenvalue weighted by Gasteiger charge is -2.37. The lowest BCUT2D eigenvalue weighted by Crippen LogP contribution is -2.46. The summed E-state index contributed by atoms with van der Waals surface area (Å²) in [5, 5.41) is 10.3. The number of benzene rings is 1. The Kier molecular flexibility index (Phi) is 9.76. The second kappa shape index (κ2) is 13.0. The molecular weight excluding hydrogens is 464 g/mol. The van der Waals surface area contributed by atoms with Crippen LogP contribution in [0.25, 0.3) is 10.9 Å². The normalized spacial score (nSPS) is 15.3. The number of rotatable bonds is 10. The largest absolute Gasteiger partial charge is 0.486 e. The Morgan fingerprint density at radius 1 is 1.22 bits per heavy atom. The van der Waals surface area contributed by atoms with E-state index in [4.69, 9.17) is 4.74 Å². The molecule has 1 amide bonds. The van der Waals surface area contributed by atoms with Crippen molar-refractivity contribution in [2.24, 2.45) is 0 Å². The molecule has 194 valence electrons. The summed E-state index contributed by atoms with van der Waals surface area (Å²) in [4.78, 5) is 33.0. The van der Waals surface area contributed by atoms with E-state index in [1.807, 2.05) is 36.3 Å². The maximum Gasteiger partial charge on any atom is 0.249 e. The number of ketones is 1. The van der Waals surface area contributed by atoms with Crippen molar-refractivity contribution >= 4 is 22.6 Å². The molecule has 0 saturated carbocycles. The summed E-state index contributed by atoms with van der Waals surface area (Å²) in [6.07, 6.45) is 7.99. The molecule has 0 radical (unpaired) electrons. The van der Waals surface area contributed by atoms with Gasteiger partial charge in [-0.05, 0) is 81.5 Å². The first-order chi connectivity index (χ1) is 17.7. The number of nitrogens with zero attached hydrogens (tertiary/aromatic N) is 4. The molecular formula is C30H36N4O3. The Hall–Kier alpha value is -3.76. The molecule has 2 aromatic rings. The van der Waals surface area contributed by atoms with Crippen molar-refractivity contribution in [3.8, 4) is 6.07 Å². The fourth-order valence-electron chi connectivity index (χ4n) is 4.51. The maximum absolute atomic E-state index is 13.0. The minimum Gasteiger partial charge on any atom is -0.486 e. The average molecular weight is 501 g/mol. The highest BCUT2D eigenvalue weighted by molar-refractivity contribution is 5.93. The number of hydrogen-bond acceptors (Lipinski definition) is 6. The first-order valence-corrected chi connectivity index (χ1v) is 12.6. The number of amides is 1. The fourth-order valence-corrected chi connectivity index (χ4v) is 4.51. The van der Waals surface area contributed by atoms with Gasteiger partial charge >= 0.3 is 0 Å². The number of pyridine rings is 1. The molecule has 37 heavy (non-hydrogen) atoms. The summed E-state index contributed by atoms with van der Waals surface area (Å²) in [6.45, 7) is 11.7. The topological polar surface area (TPSA) is 86.5 Å². The van der Waals surface area contributed by atoms with Crippen LogP contribution in [0.15, 0.2) is 66.1 Å². The predicted molar refractivity (Wildman–Crippen MR) is 146 cm³/mol. The number of likely N-dealkylation sites (tertiary alicyclic amines) is 1. The van der Waals surface area contributed by atoms with Crippen LogP contribution in [0.5, 0.6) is 0 Å². The van der Waals surface area contributed by atoms with E-state index in [0.717, 1.165) is 49.8 Å². The Balaban J connectivity index is 1.55. The van der Waals surface area contributed by atoms with Gasteiger partial charge in [0.05, 0.1) is 17.1 Å². The van der Waals surface area contributed by atoms with Crippen molar-refractivity contribution in [3.05, 3.63) is 77.2 Å². The molecule has 1 aliphatic heterocycles. The number of hydrogen-bond donors (Lipinski definition) is 0. The Morgan fingerprint density at radius 2 is 1.95 bits per heavy atom. The third kappa shape index (κ3) is 7.61. The predicted octanol–water partition coefficient (Wildman–Crippen LogP) is 4.58. The van der Waals surface area contributed by atoms with Gasteiger partial charge in [-0.15, -0.1) is 0 Å². The van der Waals surface area contributed by atoms with Crippen molar-refractivity contribution in [2.75, 3.05) is 33.3 Å². The molecule has 7 heteroatoms. The molecule has 0 unspecified atom stereocenters. The molecule has 0 N–H and O–H groups in total. The molecule has 0 atom stereocenters. The zero-order chi connectivity index (χ0) is 26.9. The van der Waals surface area contributed by atoms with E-state index < -0.39 is 0 Å². The van der Waals surface area contributed by atoms with E-state index in [0.29, 0.717) is 22.5 Å². The number of allylic oxidation sites excluding steroid dienone is 3. The number of fused-ring (bicyclic) bond motifs is 1. The van der Waals surface area contributed by atoms with Crippen LogP contribution >= 0.6 is 0 Å². The first-order valence-electron chi connectivity index (χ1n) is 12.6. The fraction of sp³-hybridized carbons (Fsp3) is 0.400. The van der Waals surface area contributed by atoms with E-state index in [2.05, 4.69) is 22.5 Å². The van der Waals surface area contributed by atoms with Gasteiger partial charge in [0.15, 0.2) is 5.78 Å². The molecule has 2 heterocycles. The standard InChI is InChI=1S/C30H36N4O3/c1-21(2)29(37-20-23(4)35)9-6-22(3)30(36)33(5)26-12-16-34(17-13-26)15-11-25-10-14-32-28-8-7-24(19-31)18-27(25)28/h6-10,14,18,26H,1,11-13,15-17,20H2,2-5H3/b22-6+,29-9+. The summed E-state index contributed by atoms with van der Waals surface area (Å²) in [7, 11) is 1.87. The number of carbonyl (C=O) groups is 2. The monoisotopic (exact) mass is 500 g/mol. The minimum atomic E-state index is -0.0720. The Morgan fingerprint density at radius 3 is 2.59 bits per heavy atom. The van der Waals surface area contributed by atoms with E-state index in [9.17, 15) is 14.9 Å². The molecule has 7 nitrogen and oxygen atoms in total. The summed E-state index contributed by atoms with van der Waals surface area (Å²) in [5.74, 6) is 0.417. The first kappa shape index (κ1) is 27.8. The number of Topliss-reactive ketones (excluding diaryl/α,β-unsaturated/α-hetero) is 1. The van der Waals surface area contributed by atoms with E-state index in [1.54, 1.807) is 32.1 Å². The number of likely N-dealkylation sites (N-methyl/N-ethyl adjacent to an activating group) is 1. The number of ether oxygens (including phenoxy) is 1. The van der Waals surface area contributed by atoms with Gasteiger partial charge < -0.3 is 14.5 Å². The molecule has 1 fully saturated rings. The Bertz CT molecular complexity index is 1260. The minimum absolute atomic E-state index is 0.0149. The second-order valence-corrected chi connectivity index (χ2v) is 9.70. The summed E-state index contributed by atoms with van der Waals surface area (Å²) >= 11 is 0. The van der Waals surface area contributed by atoms with Gasteiger partial charge in [-0.1, -0.05) is 12.7 Å². The van der Waals surface area contributed by atoms with Crippen LogP contribution in [-0.4, -0.2) is 65.8 Å². The zero-order valence-corrected chi connectivity index (χ0v) is 22.3. The lowest BCUT2D eigenvalue weighted by atomic mass is 10.0. The van der Waals surface area contributed by atoms with Crippen LogP contribution in [0.1, 0.15) is 44.7 Å². The number of aromatic nitrogens is 1. The quantitative estimate of drug-likeness (QED) is 0.270. The molecule has 1 aromatic heterocycles. The summed E-state index contributed by atoms with van der Waals surface area (Å²) in [5.41, 5.74) is 4.07. The number of nitriles is 1.